The lowest BCUT2D eigenvalue weighted by Gasteiger charge is -2.23. The number of amides is 2. The number of aliphatic hydroxyl groups excluding tert-OH is 1. The molecule has 0 aliphatic heterocycles. The first kappa shape index (κ1) is 19.6. The molecular formula is C16H22N2O6. The normalized spacial score (nSPS) is 13.2. The fourth-order valence-corrected chi connectivity index (χ4v) is 2.32. The summed E-state index contributed by atoms with van der Waals surface area (Å²) >= 11 is 0. The maximum Gasteiger partial charge on any atom is 0.307 e. The molecule has 0 saturated carbocycles. The number of aliphatic hydroxyl groups is 1. The summed E-state index contributed by atoms with van der Waals surface area (Å²) in [6, 6.07) is 6.39. The van der Waals surface area contributed by atoms with Crippen LogP contribution in [0, 0.1) is 11.8 Å². The zero-order valence-electron chi connectivity index (χ0n) is 13.5. The summed E-state index contributed by atoms with van der Waals surface area (Å²) in [6.07, 6.45) is -1.78. The third-order valence-electron chi connectivity index (χ3n) is 3.44. The van der Waals surface area contributed by atoms with Crippen LogP contribution in [-0.2, 0) is 20.8 Å². The van der Waals surface area contributed by atoms with E-state index in [-0.39, 0.29) is 18.8 Å². The van der Waals surface area contributed by atoms with Gasteiger partial charge in [0.2, 0.25) is 5.91 Å². The molecule has 0 spiro atoms. The Balaban J connectivity index is 3.00. The number of anilines is 1. The number of carbonyl (C=O) groups excluding carboxylic acids is 2. The van der Waals surface area contributed by atoms with Gasteiger partial charge in [-0.3, -0.25) is 19.6 Å². The molecule has 24 heavy (non-hydrogen) atoms. The number of benzene rings is 1. The molecule has 1 aromatic carbocycles. The van der Waals surface area contributed by atoms with Crippen molar-refractivity contribution in [3.63, 3.8) is 0 Å². The van der Waals surface area contributed by atoms with Crippen molar-refractivity contribution in [3.05, 3.63) is 29.8 Å². The van der Waals surface area contributed by atoms with Crippen molar-refractivity contribution in [2.24, 2.45) is 11.8 Å². The van der Waals surface area contributed by atoms with Crippen LogP contribution in [0.15, 0.2) is 24.3 Å². The fraction of sp³-hybridized carbons (Fsp3) is 0.438. The van der Waals surface area contributed by atoms with Crippen LogP contribution >= 0.6 is 0 Å². The molecule has 0 unspecified atom stereocenters. The Hall–Kier alpha value is -2.45. The molecule has 5 N–H and O–H groups in total. The molecule has 0 radical (unpaired) electrons. The lowest BCUT2D eigenvalue weighted by Crippen LogP contribution is -2.43. The minimum absolute atomic E-state index is 0.0103. The Labute approximate surface area is 139 Å². The average Bonchev–Trinajstić information content (AvgIpc) is 2.52. The zero-order valence-corrected chi connectivity index (χ0v) is 13.5. The van der Waals surface area contributed by atoms with E-state index in [9.17, 15) is 19.5 Å². The highest BCUT2D eigenvalue weighted by atomic mass is 16.5. The van der Waals surface area contributed by atoms with Gasteiger partial charge >= 0.3 is 5.97 Å². The molecule has 0 bridgehead atoms. The van der Waals surface area contributed by atoms with Crippen molar-refractivity contribution >= 4 is 23.5 Å². The predicted molar refractivity (Wildman–Crippen MR) is 85.3 cm³/mol. The van der Waals surface area contributed by atoms with Crippen LogP contribution in [0.25, 0.3) is 0 Å². The molecule has 2 atom stereocenters. The van der Waals surface area contributed by atoms with Crippen molar-refractivity contribution in [2.75, 3.05) is 5.32 Å². The molecule has 0 fully saturated rings. The highest BCUT2D eigenvalue weighted by molar-refractivity contribution is 5.97. The van der Waals surface area contributed by atoms with E-state index in [1.54, 1.807) is 24.3 Å². The molecule has 8 nitrogen and oxygen atoms in total. The second-order valence-electron chi connectivity index (χ2n) is 5.87. The second kappa shape index (κ2) is 8.99. The van der Waals surface area contributed by atoms with E-state index in [0.717, 1.165) is 0 Å². The third kappa shape index (κ3) is 5.64. The molecule has 0 heterocycles. The molecule has 1 rings (SSSR count). The summed E-state index contributed by atoms with van der Waals surface area (Å²) < 4.78 is 0. The van der Waals surface area contributed by atoms with Crippen LogP contribution in [0.1, 0.15) is 25.8 Å². The van der Waals surface area contributed by atoms with Gasteiger partial charge in [0.25, 0.3) is 5.91 Å². The van der Waals surface area contributed by atoms with Crippen molar-refractivity contribution in [2.45, 2.75) is 32.8 Å². The number of para-hydroxylation sites is 1. The number of hydrogen-bond acceptors (Lipinski definition) is 5. The smallest absolute Gasteiger partial charge is 0.307 e. The number of hydroxylamine groups is 1. The van der Waals surface area contributed by atoms with Crippen LogP contribution in [0.5, 0.6) is 0 Å². The third-order valence-corrected chi connectivity index (χ3v) is 3.44. The first-order valence-corrected chi connectivity index (χ1v) is 7.48. The van der Waals surface area contributed by atoms with Gasteiger partial charge in [0.15, 0.2) is 0 Å². The Morgan fingerprint density at radius 3 is 2.29 bits per heavy atom. The predicted octanol–water partition coefficient (Wildman–Crippen LogP) is 0.781. The first-order chi connectivity index (χ1) is 11.3. The summed E-state index contributed by atoms with van der Waals surface area (Å²) in [4.78, 5) is 34.8. The molecule has 0 aliphatic carbocycles. The van der Waals surface area contributed by atoms with Crippen molar-refractivity contribution in [1.29, 1.82) is 0 Å². The van der Waals surface area contributed by atoms with Crippen LogP contribution < -0.4 is 10.8 Å². The minimum Gasteiger partial charge on any atom is -0.481 e. The van der Waals surface area contributed by atoms with E-state index in [0.29, 0.717) is 11.3 Å². The summed E-state index contributed by atoms with van der Waals surface area (Å²) in [5.74, 6) is -3.83. The largest absolute Gasteiger partial charge is 0.481 e. The molecule has 0 aliphatic rings. The van der Waals surface area contributed by atoms with Gasteiger partial charge in [0, 0.05) is 5.69 Å². The molecular weight excluding hydrogens is 316 g/mol. The van der Waals surface area contributed by atoms with E-state index < -0.39 is 29.8 Å². The van der Waals surface area contributed by atoms with E-state index >= 15 is 0 Å². The van der Waals surface area contributed by atoms with Crippen LogP contribution in [-0.4, -0.2) is 39.3 Å². The second-order valence-corrected chi connectivity index (χ2v) is 5.87. The van der Waals surface area contributed by atoms with Crippen LogP contribution in [0.3, 0.4) is 0 Å². The van der Waals surface area contributed by atoms with Gasteiger partial charge in [0.05, 0.1) is 12.3 Å². The number of aliphatic carboxylic acids is 1. The summed E-state index contributed by atoms with van der Waals surface area (Å²) in [5.41, 5.74) is 2.03. The Bertz CT molecular complexity index is 602. The Morgan fingerprint density at radius 1 is 1.12 bits per heavy atom. The average molecular weight is 338 g/mol. The Kier molecular flexibility index (Phi) is 7.34. The van der Waals surface area contributed by atoms with Gasteiger partial charge < -0.3 is 15.5 Å². The summed E-state index contributed by atoms with van der Waals surface area (Å²) in [6.45, 7) is 3.64. The molecule has 0 saturated heterocycles. The monoisotopic (exact) mass is 338 g/mol. The molecule has 2 amide bonds. The van der Waals surface area contributed by atoms with E-state index in [1.165, 1.54) is 5.48 Å². The number of rotatable bonds is 8. The van der Waals surface area contributed by atoms with Gasteiger partial charge in [-0.1, -0.05) is 32.0 Å². The quantitative estimate of drug-likeness (QED) is 0.351. The fourth-order valence-electron chi connectivity index (χ4n) is 2.32. The van der Waals surface area contributed by atoms with Gasteiger partial charge in [-0.15, -0.1) is 0 Å². The maximum absolute atomic E-state index is 12.5. The van der Waals surface area contributed by atoms with Crippen molar-refractivity contribution in [3.8, 4) is 0 Å². The van der Waals surface area contributed by atoms with Gasteiger partial charge in [-0.2, -0.15) is 0 Å². The molecule has 1 aromatic rings. The summed E-state index contributed by atoms with van der Waals surface area (Å²) in [7, 11) is 0. The van der Waals surface area contributed by atoms with Crippen LogP contribution in [0.2, 0.25) is 0 Å². The molecule has 132 valence electrons. The number of hydrogen-bond donors (Lipinski definition) is 5. The zero-order chi connectivity index (χ0) is 18.3. The van der Waals surface area contributed by atoms with Crippen molar-refractivity contribution < 1.29 is 29.8 Å². The van der Waals surface area contributed by atoms with E-state index in [1.807, 2.05) is 13.8 Å². The van der Waals surface area contributed by atoms with E-state index in [2.05, 4.69) is 5.32 Å². The number of nitrogens with one attached hydrogen (secondary N) is 2. The standard InChI is InChI=1S/C16H22N2O6/c1-9(2)7-11(14(21)16(23)18-24)15(22)17-12-6-4-3-5-10(12)8-13(19)20/h3-6,9,11,14,21,24H,7-8H2,1-2H3,(H,17,22)(H,18,23)(H,19,20)/t11-,14+/m1/s1. The minimum atomic E-state index is -1.72. The molecule has 8 heteroatoms. The molecule has 0 aromatic heterocycles. The highest BCUT2D eigenvalue weighted by Gasteiger charge is 2.33. The SMILES string of the molecule is CC(C)C[C@@H](C(=O)Nc1ccccc1CC(=O)O)[C@H](O)C(=O)NO. The lowest BCUT2D eigenvalue weighted by molar-refractivity contribution is -0.145. The highest BCUT2D eigenvalue weighted by Crippen LogP contribution is 2.21. The Morgan fingerprint density at radius 2 is 1.75 bits per heavy atom. The van der Waals surface area contributed by atoms with E-state index in [4.69, 9.17) is 10.3 Å². The summed E-state index contributed by atoms with van der Waals surface area (Å²) in [5, 5.41) is 30.1. The maximum atomic E-state index is 12.5. The number of carbonyl (C=O) groups is 3. The number of carboxylic acid groups (broad SMARTS) is 1. The van der Waals surface area contributed by atoms with Gasteiger partial charge in [-0.25, -0.2) is 5.48 Å². The van der Waals surface area contributed by atoms with Gasteiger partial charge in [0.1, 0.15) is 6.10 Å². The van der Waals surface area contributed by atoms with Crippen molar-refractivity contribution in [1.82, 2.24) is 5.48 Å². The number of carboxylic acids is 1. The van der Waals surface area contributed by atoms with Crippen LogP contribution in [0.4, 0.5) is 5.69 Å². The topological polar surface area (TPSA) is 136 Å². The lowest BCUT2D eigenvalue weighted by atomic mass is 9.90. The van der Waals surface area contributed by atoms with Gasteiger partial charge in [-0.05, 0) is 24.0 Å². The first-order valence-electron chi connectivity index (χ1n) is 7.48.